The minimum Gasteiger partial charge on any atom is -0.472 e. The normalized spacial score (nSPS) is 21.0. The van der Waals surface area contributed by atoms with Gasteiger partial charge in [0.2, 0.25) is 0 Å². The molecule has 4 rings (SSSR count). The minimum absolute atomic E-state index is 0.000549. The Balaban J connectivity index is 1.48. The third-order valence-corrected chi connectivity index (χ3v) is 4.53. The van der Waals surface area contributed by atoms with Gasteiger partial charge in [0.15, 0.2) is 0 Å². The zero-order valence-electron chi connectivity index (χ0n) is 13.1. The lowest BCUT2D eigenvalue weighted by Gasteiger charge is -2.23. The number of aromatic nitrogens is 2. The summed E-state index contributed by atoms with van der Waals surface area (Å²) >= 11 is 0. The second-order valence-corrected chi connectivity index (χ2v) is 6.55. The fourth-order valence-corrected chi connectivity index (χ4v) is 3.05. The molecule has 0 aromatic carbocycles. The Morgan fingerprint density at radius 2 is 2.13 bits per heavy atom. The van der Waals surface area contributed by atoms with E-state index in [0.717, 1.165) is 24.8 Å². The first-order chi connectivity index (χ1) is 11.3. The van der Waals surface area contributed by atoms with Gasteiger partial charge in [-0.3, -0.25) is 9.48 Å². The van der Waals surface area contributed by atoms with Crippen LogP contribution in [0.1, 0.15) is 28.9 Å². The van der Waals surface area contributed by atoms with Crippen molar-refractivity contribution in [1.29, 1.82) is 0 Å². The molecule has 0 bridgehead atoms. The highest BCUT2D eigenvalue weighted by atomic mass is 16.5. The predicted octanol–water partition coefficient (Wildman–Crippen LogP) is 2.17. The van der Waals surface area contributed by atoms with E-state index in [1.165, 1.54) is 25.4 Å². The highest BCUT2D eigenvalue weighted by Gasteiger charge is 2.28. The summed E-state index contributed by atoms with van der Waals surface area (Å²) in [6.45, 7) is 3.56. The quantitative estimate of drug-likeness (QED) is 0.848. The van der Waals surface area contributed by atoms with Gasteiger partial charge < -0.3 is 14.1 Å². The molecule has 1 saturated carbocycles. The Bertz CT molecular complexity index is 660. The summed E-state index contributed by atoms with van der Waals surface area (Å²) in [5, 5.41) is 4.38. The molecule has 0 saturated heterocycles. The number of rotatable bonds is 5. The third kappa shape index (κ3) is 3.32. The Hall–Kier alpha value is -2.08. The number of furan rings is 1. The fraction of sp³-hybridized carbons (Fsp3) is 0.529. The number of nitrogens with zero attached hydrogens (tertiary/aromatic N) is 3. The van der Waals surface area contributed by atoms with E-state index in [1.807, 2.05) is 15.6 Å². The summed E-state index contributed by atoms with van der Waals surface area (Å²) in [5.74, 6) is 1.01. The molecule has 2 aromatic rings. The maximum Gasteiger partial charge on any atom is 0.257 e. The molecule has 23 heavy (non-hydrogen) atoms. The van der Waals surface area contributed by atoms with E-state index in [4.69, 9.17) is 9.15 Å². The molecule has 2 aromatic heterocycles. The van der Waals surface area contributed by atoms with Crippen molar-refractivity contribution in [2.75, 3.05) is 19.8 Å². The minimum atomic E-state index is 0.000549. The van der Waals surface area contributed by atoms with Gasteiger partial charge in [0, 0.05) is 31.8 Å². The highest BCUT2D eigenvalue weighted by Crippen LogP contribution is 2.29. The van der Waals surface area contributed by atoms with Crippen LogP contribution < -0.4 is 0 Å². The lowest BCUT2D eigenvalue weighted by atomic mass is 10.1. The van der Waals surface area contributed by atoms with Crippen LogP contribution in [-0.4, -0.2) is 40.3 Å². The summed E-state index contributed by atoms with van der Waals surface area (Å²) < 4.78 is 12.9. The molecule has 6 heteroatoms. The number of amides is 1. The van der Waals surface area contributed by atoms with Crippen LogP contribution in [0.2, 0.25) is 0 Å². The number of hydrogen-bond acceptors (Lipinski definition) is 4. The fourth-order valence-electron chi connectivity index (χ4n) is 3.05. The lowest BCUT2D eigenvalue weighted by Crippen LogP contribution is -2.35. The smallest absolute Gasteiger partial charge is 0.257 e. The SMILES string of the molecule is O=C(c1ccoc1)N1Cc2ccnn2CC(COCC2CC2)C1. The summed E-state index contributed by atoms with van der Waals surface area (Å²) in [7, 11) is 0. The van der Waals surface area contributed by atoms with Crippen LogP contribution in [0.25, 0.3) is 0 Å². The largest absolute Gasteiger partial charge is 0.472 e. The lowest BCUT2D eigenvalue weighted by molar-refractivity contribution is 0.0568. The summed E-state index contributed by atoms with van der Waals surface area (Å²) in [6.07, 6.45) is 7.41. The Labute approximate surface area is 135 Å². The molecule has 1 aliphatic carbocycles. The van der Waals surface area contributed by atoms with Crippen molar-refractivity contribution < 1.29 is 13.9 Å². The van der Waals surface area contributed by atoms with Crippen molar-refractivity contribution in [3.05, 3.63) is 42.1 Å². The molecule has 1 aliphatic heterocycles. The van der Waals surface area contributed by atoms with Crippen molar-refractivity contribution in [3.63, 3.8) is 0 Å². The van der Waals surface area contributed by atoms with Crippen molar-refractivity contribution >= 4 is 5.91 Å². The molecule has 1 amide bonds. The first kappa shape index (κ1) is 14.5. The monoisotopic (exact) mass is 315 g/mol. The molecular weight excluding hydrogens is 294 g/mol. The number of carbonyl (C=O) groups excluding carboxylic acids is 1. The van der Waals surface area contributed by atoms with E-state index in [9.17, 15) is 4.79 Å². The number of ether oxygens (including phenoxy) is 1. The van der Waals surface area contributed by atoms with Gasteiger partial charge in [-0.25, -0.2) is 0 Å². The van der Waals surface area contributed by atoms with Crippen molar-refractivity contribution in [2.24, 2.45) is 11.8 Å². The molecule has 0 N–H and O–H groups in total. The van der Waals surface area contributed by atoms with Gasteiger partial charge in [-0.05, 0) is 30.9 Å². The molecule has 1 fully saturated rings. The van der Waals surface area contributed by atoms with E-state index in [2.05, 4.69) is 5.10 Å². The van der Waals surface area contributed by atoms with Crippen LogP contribution in [-0.2, 0) is 17.8 Å². The van der Waals surface area contributed by atoms with Crippen molar-refractivity contribution in [2.45, 2.75) is 25.9 Å². The molecule has 6 nitrogen and oxygen atoms in total. The van der Waals surface area contributed by atoms with Crippen LogP contribution in [0, 0.1) is 11.8 Å². The molecule has 1 atom stereocenters. The second-order valence-electron chi connectivity index (χ2n) is 6.55. The summed E-state index contributed by atoms with van der Waals surface area (Å²) in [5.41, 5.74) is 1.65. The first-order valence-electron chi connectivity index (χ1n) is 8.19. The molecule has 122 valence electrons. The highest BCUT2D eigenvalue weighted by molar-refractivity contribution is 5.93. The van der Waals surface area contributed by atoms with Crippen LogP contribution >= 0.6 is 0 Å². The van der Waals surface area contributed by atoms with Gasteiger partial charge >= 0.3 is 0 Å². The van der Waals surface area contributed by atoms with Gasteiger partial charge in [0.05, 0.1) is 30.7 Å². The predicted molar refractivity (Wildman–Crippen MR) is 82.7 cm³/mol. The van der Waals surface area contributed by atoms with E-state index < -0.39 is 0 Å². The van der Waals surface area contributed by atoms with E-state index in [-0.39, 0.29) is 11.8 Å². The van der Waals surface area contributed by atoms with Crippen LogP contribution in [0.5, 0.6) is 0 Å². The van der Waals surface area contributed by atoms with Gasteiger partial charge in [0.1, 0.15) is 6.26 Å². The van der Waals surface area contributed by atoms with Gasteiger partial charge in [-0.2, -0.15) is 5.10 Å². The third-order valence-electron chi connectivity index (χ3n) is 4.53. The van der Waals surface area contributed by atoms with Crippen LogP contribution in [0.3, 0.4) is 0 Å². The number of carbonyl (C=O) groups is 1. The summed E-state index contributed by atoms with van der Waals surface area (Å²) in [6, 6.07) is 3.69. The van der Waals surface area contributed by atoms with Crippen LogP contribution in [0.4, 0.5) is 0 Å². The maximum absolute atomic E-state index is 12.7. The molecule has 3 heterocycles. The Morgan fingerprint density at radius 1 is 1.26 bits per heavy atom. The molecule has 2 aliphatic rings. The molecule has 0 radical (unpaired) electrons. The van der Waals surface area contributed by atoms with E-state index in [1.54, 1.807) is 12.3 Å². The molecular formula is C17H21N3O3. The second kappa shape index (κ2) is 6.20. The zero-order chi connectivity index (χ0) is 15.6. The van der Waals surface area contributed by atoms with E-state index in [0.29, 0.717) is 25.3 Å². The summed E-state index contributed by atoms with van der Waals surface area (Å²) in [4.78, 5) is 14.5. The zero-order valence-corrected chi connectivity index (χ0v) is 13.1. The first-order valence-corrected chi connectivity index (χ1v) is 8.19. The Kier molecular flexibility index (Phi) is 3.91. The Morgan fingerprint density at radius 3 is 2.91 bits per heavy atom. The van der Waals surface area contributed by atoms with Gasteiger partial charge in [-0.1, -0.05) is 0 Å². The molecule has 1 unspecified atom stereocenters. The number of fused-ring (bicyclic) bond motifs is 1. The maximum atomic E-state index is 12.7. The van der Waals surface area contributed by atoms with Crippen molar-refractivity contribution in [3.8, 4) is 0 Å². The average Bonchev–Trinajstić information content (AvgIpc) is 3.07. The van der Waals surface area contributed by atoms with Gasteiger partial charge in [-0.15, -0.1) is 0 Å². The van der Waals surface area contributed by atoms with Gasteiger partial charge in [0.25, 0.3) is 5.91 Å². The van der Waals surface area contributed by atoms with Crippen LogP contribution in [0.15, 0.2) is 35.3 Å². The standard InChI is InChI=1S/C17H21N3O3/c21-17(15-4-6-22-12-15)19-7-14(11-23-10-13-1-2-13)8-20-16(9-19)3-5-18-20/h3-6,12-14H,1-2,7-11H2. The number of hydrogen-bond donors (Lipinski definition) is 0. The average molecular weight is 315 g/mol. The van der Waals surface area contributed by atoms with Crippen molar-refractivity contribution in [1.82, 2.24) is 14.7 Å². The topological polar surface area (TPSA) is 60.5 Å². The van der Waals surface area contributed by atoms with E-state index >= 15 is 0 Å². The molecule has 0 spiro atoms.